The molecule has 0 saturated carbocycles. The van der Waals surface area contributed by atoms with Crippen molar-refractivity contribution < 1.29 is 8.09 Å². The molecule has 0 heterocycles. The zero-order valence-corrected chi connectivity index (χ0v) is 5.87. The summed E-state index contributed by atoms with van der Waals surface area (Å²) in [5.41, 5.74) is 0. The Morgan fingerprint density at radius 3 is 1.88 bits per heavy atom. The lowest BCUT2D eigenvalue weighted by Crippen LogP contribution is -2.21. The zero-order chi connectivity index (χ0) is 6.57. The van der Waals surface area contributed by atoms with Crippen LogP contribution in [0, 0.1) is 0 Å². The van der Waals surface area contributed by atoms with E-state index in [9.17, 15) is 8.09 Å². The van der Waals surface area contributed by atoms with Crippen molar-refractivity contribution in [3.63, 3.8) is 0 Å². The molecule has 8 heavy (non-hydrogen) atoms. The molecule has 0 aromatic carbocycles. The molecule has 0 N–H and O–H groups in total. The molecule has 0 aliphatic heterocycles. The van der Waals surface area contributed by atoms with Crippen molar-refractivity contribution in [2.45, 2.75) is 13.8 Å². The summed E-state index contributed by atoms with van der Waals surface area (Å²) in [6, 6.07) is 0. The van der Waals surface area contributed by atoms with Gasteiger partial charge < -0.3 is 0 Å². The molecule has 0 amide bonds. The normalized spacial score (nSPS) is 14.5. The van der Waals surface area contributed by atoms with E-state index in [1.165, 1.54) is 4.31 Å². The molecular formula is C4H10FNOS. The SMILES string of the molecule is CCN(CC)S(=O)F. The zero-order valence-electron chi connectivity index (χ0n) is 5.06. The molecule has 0 saturated heterocycles. The molecule has 0 bridgehead atoms. The maximum Gasteiger partial charge on any atom is 0.277 e. The van der Waals surface area contributed by atoms with Crippen molar-refractivity contribution in [2.75, 3.05) is 13.1 Å². The maximum absolute atomic E-state index is 11.8. The van der Waals surface area contributed by atoms with Crippen molar-refractivity contribution >= 4 is 11.4 Å². The molecule has 4 heteroatoms. The second kappa shape index (κ2) is 3.97. The average Bonchev–Trinajstić information content (AvgIpc) is 1.69. The van der Waals surface area contributed by atoms with Gasteiger partial charge in [0.25, 0.3) is 11.4 Å². The smallest absolute Gasteiger partial charge is 0.207 e. The van der Waals surface area contributed by atoms with Crippen LogP contribution in [0.1, 0.15) is 13.8 Å². The van der Waals surface area contributed by atoms with Crippen molar-refractivity contribution in [3.05, 3.63) is 0 Å². The molecule has 0 aliphatic rings. The molecule has 0 aromatic rings. The van der Waals surface area contributed by atoms with Crippen LogP contribution < -0.4 is 0 Å². The Kier molecular flexibility index (Phi) is 3.99. The van der Waals surface area contributed by atoms with E-state index in [4.69, 9.17) is 0 Å². The van der Waals surface area contributed by atoms with Gasteiger partial charge in [-0.3, -0.25) is 0 Å². The summed E-state index contributed by atoms with van der Waals surface area (Å²) >= 11 is -2.27. The largest absolute Gasteiger partial charge is 0.277 e. The highest BCUT2D eigenvalue weighted by molar-refractivity contribution is 7.77. The fourth-order valence-electron chi connectivity index (χ4n) is 0.427. The van der Waals surface area contributed by atoms with E-state index in [-0.39, 0.29) is 0 Å². The van der Waals surface area contributed by atoms with Gasteiger partial charge in [-0.15, -0.1) is 3.89 Å². The molecule has 50 valence electrons. The fourth-order valence-corrected chi connectivity index (χ4v) is 0.833. The first kappa shape index (κ1) is 8.04. The topological polar surface area (TPSA) is 20.3 Å². The van der Waals surface area contributed by atoms with Gasteiger partial charge in [0, 0.05) is 13.1 Å². The molecule has 2 nitrogen and oxygen atoms in total. The predicted molar refractivity (Wildman–Crippen MR) is 32.2 cm³/mol. The first-order valence-corrected chi connectivity index (χ1v) is 3.56. The minimum absolute atomic E-state index is 0.500. The Bertz CT molecular complexity index is 84.1. The summed E-state index contributed by atoms with van der Waals surface area (Å²) in [7, 11) is 0. The van der Waals surface area contributed by atoms with Crippen LogP contribution in [0.3, 0.4) is 0 Å². The van der Waals surface area contributed by atoms with Gasteiger partial charge in [-0.25, -0.2) is 4.21 Å². The molecule has 1 atom stereocenters. The first-order chi connectivity index (χ1) is 3.72. The van der Waals surface area contributed by atoms with E-state index in [0.717, 1.165) is 0 Å². The predicted octanol–water partition coefficient (Wildman–Crippen LogP) is 0.876. The minimum atomic E-state index is -2.27. The number of halogens is 1. The van der Waals surface area contributed by atoms with Gasteiger partial charge in [-0.1, -0.05) is 13.8 Å². The van der Waals surface area contributed by atoms with Gasteiger partial charge in [0.15, 0.2) is 0 Å². The van der Waals surface area contributed by atoms with Gasteiger partial charge in [0.2, 0.25) is 0 Å². The molecule has 0 fully saturated rings. The highest BCUT2D eigenvalue weighted by Gasteiger charge is 2.04. The number of hydrogen-bond donors (Lipinski definition) is 0. The van der Waals surface area contributed by atoms with Crippen LogP contribution in [-0.2, 0) is 11.4 Å². The molecule has 0 spiro atoms. The molecule has 0 rings (SSSR count). The van der Waals surface area contributed by atoms with Gasteiger partial charge in [-0.05, 0) is 0 Å². The van der Waals surface area contributed by atoms with Crippen molar-refractivity contribution in [3.8, 4) is 0 Å². The van der Waals surface area contributed by atoms with Gasteiger partial charge in [0.1, 0.15) is 0 Å². The van der Waals surface area contributed by atoms with E-state index in [2.05, 4.69) is 0 Å². The third-order valence-electron chi connectivity index (χ3n) is 0.908. The quantitative estimate of drug-likeness (QED) is 0.531. The number of nitrogens with zero attached hydrogens (tertiary/aromatic N) is 1. The molecule has 0 aliphatic carbocycles. The van der Waals surface area contributed by atoms with Crippen molar-refractivity contribution in [2.24, 2.45) is 0 Å². The lowest BCUT2D eigenvalue weighted by atomic mass is 10.7. The van der Waals surface area contributed by atoms with Crippen LogP contribution in [0.2, 0.25) is 0 Å². The van der Waals surface area contributed by atoms with Gasteiger partial charge in [0.05, 0.1) is 0 Å². The number of hydrogen-bond acceptors (Lipinski definition) is 1. The summed E-state index contributed by atoms with van der Waals surface area (Å²) < 4.78 is 23.0. The Morgan fingerprint density at radius 1 is 1.50 bits per heavy atom. The van der Waals surface area contributed by atoms with Gasteiger partial charge in [-0.2, -0.15) is 4.31 Å². The third-order valence-corrected chi connectivity index (χ3v) is 1.83. The summed E-state index contributed by atoms with van der Waals surface area (Å²) in [5, 5.41) is 0. The van der Waals surface area contributed by atoms with E-state index < -0.39 is 11.4 Å². The molecule has 0 radical (unpaired) electrons. The molecule has 1 unspecified atom stereocenters. The Hall–Kier alpha value is 0.0400. The fraction of sp³-hybridized carbons (Fsp3) is 1.00. The van der Waals surface area contributed by atoms with E-state index in [1.807, 2.05) is 0 Å². The summed E-state index contributed by atoms with van der Waals surface area (Å²) in [6.45, 7) is 4.53. The Labute approximate surface area is 51.6 Å². The lowest BCUT2D eigenvalue weighted by molar-refractivity contribution is 0.464. The molecular weight excluding hydrogens is 129 g/mol. The standard InChI is InChI=1S/C4H10FNOS/c1-3-6(4-2)8(5)7/h3-4H2,1-2H3. The summed E-state index contributed by atoms with van der Waals surface area (Å²) in [6.07, 6.45) is 0. The second-order valence-corrected chi connectivity index (χ2v) is 2.25. The van der Waals surface area contributed by atoms with Gasteiger partial charge >= 0.3 is 0 Å². The van der Waals surface area contributed by atoms with Crippen LogP contribution in [-0.4, -0.2) is 21.6 Å². The van der Waals surface area contributed by atoms with Crippen LogP contribution in [0.25, 0.3) is 0 Å². The number of rotatable bonds is 3. The van der Waals surface area contributed by atoms with Crippen molar-refractivity contribution in [1.29, 1.82) is 0 Å². The average molecular weight is 139 g/mol. The second-order valence-electron chi connectivity index (χ2n) is 1.32. The van der Waals surface area contributed by atoms with Crippen LogP contribution >= 0.6 is 0 Å². The highest BCUT2D eigenvalue weighted by Crippen LogP contribution is 1.93. The maximum atomic E-state index is 11.8. The van der Waals surface area contributed by atoms with E-state index in [1.54, 1.807) is 13.8 Å². The lowest BCUT2D eigenvalue weighted by Gasteiger charge is -2.08. The van der Waals surface area contributed by atoms with E-state index in [0.29, 0.717) is 13.1 Å². The monoisotopic (exact) mass is 139 g/mol. The van der Waals surface area contributed by atoms with Crippen LogP contribution in [0.5, 0.6) is 0 Å². The Balaban J connectivity index is 3.52. The van der Waals surface area contributed by atoms with Crippen molar-refractivity contribution in [1.82, 2.24) is 4.31 Å². The molecule has 0 aromatic heterocycles. The summed E-state index contributed by atoms with van der Waals surface area (Å²) in [5.74, 6) is 0. The van der Waals surface area contributed by atoms with E-state index >= 15 is 0 Å². The highest BCUT2D eigenvalue weighted by atomic mass is 32.2. The van der Waals surface area contributed by atoms with Crippen LogP contribution in [0.15, 0.2) is 0 Å². The minimum Gasteiger partial charge on any atom is -0.207 e. The Morgan fingerprint density at radius 2 is 1.88 bits per heavy atom. The summed E-state index contributed by atoms with van der Waals surface area (Å²) in [4.78, 5) is 0. The third kappa shape index (κ3) is 2.37. The van der Waals surface area contributed by atoms with Crippen LogP contribution in [0.4, 0.5) is 3.89 Å². The first-order valence-electron chi connectivity index (χ1n) is 2.55.